The molecule has 1 aromatic carbocycles. The Kier molecular flexibility index (Phi) is 3.00. The van der Waals surface area contributed by atoms with Crippen LogP contribution in [0.5, 0.6) is 5.75 Å². The molecule has 2 rings (SSSR count). The van der Waals surface area contributed by atoms with E-state index < -0.39 is 0 Å². The van der Waals surface area contributed by atoms with Gasteiger partial charge in [0.1, 0.15) is 5.75 Å². The number of para-hydroxylation sites is 1. The molecule has 0 atom stereocenters. The van der Waals surface area contributed by atoms with E-state index in [0.29, 0.717) is 12.4 Å². The van der Waals surface area contributed by atoms with Gasteiger partial charge in [-0.25, -0.2) is 4.98 Å². The van der Waals surface area contributed by atoms with Gasteiger partial charge in [0.25, 0.3) is 0 Å². The van der Waals surface area contributed by atoms with Crippen molar-refractivity contribution < 1.29 is 9.53 Å². The molecule has 0 aliphatic carbocycles. The third-order valence-corrected chi connectivity index (χ3v) is 2.39. The number of carbonyl (C=O) groups excluding carboxylic acids is 1. The maximum absolute atomic E-state index is 10.7. The highest BCUT2D eigenvalue weighted by atomic mass is 16.5. The molecule has 2 aromatic rings. The van der Waals surface area contributed by atoms with Crippen molar-refractivity contribution in [3.05, 3.63) is 48.0 Å². The average molecular weight is 216 g/mol. The van der Waals surface area contributed by atoms with Gasteiger partial charge in [-0.15, -0.1) is 0 Å². The van der Waals surface area contributed by atoms with Gasteiger partial charge in [-0.1, -0.05) is 18.2 Å². The standard InChI is InChI=1S/C12H12N2O2/c1-16-11-5-3-2-4-10(11)8-14-7-6-13-12(14)9-15/h2-7,9H,8H2,1H3. The van der Waals surface area contributed by atoms with Crippen LogP contribution in [0.2, 0.25) is 0 Å². The van der Waals surface area contributed by atoms with Crippen molar-refractivity contribution >= 4 is 6.29 Å². The summed E-state index contributed by atoms with van der Waals surface area (Å²) in [6, 6.07) is 7.71. The highest BCUT2D eigenvalue weighted by Crippen LogP contribution is 2.18. The summed E-state index contributed by atoms with van der Waals surface area (Å²) in [7, 11) is 1.63. The van der Waals surface area contributed by atoms with Crippen LogP contribution in [-0.4, -0.2) is 22.9 Å². The third-order valence-electron chi connectivity index (χ3n) is 2.39. The minimum absolute atomic E-state index is 0.422. The molecule has 0 amide bonds. The predicted octanol–water partition coefficient (Wildman–Crippen LogP) is 1.75. The fourth-order valence-corrected chi connectivity index (χ4v) is 1.59. The summed E-state index contributed by atoms with van der Waals surface area (Å²) in [6.07, 6.45) is 4.13. The van der Waals surface area contributed by atoms with Crippen LogP contribution in [0, 0.1) is 0 Å². The highest BCUT2D eigenvalue weighted by molar-refractivity contribution is 5.69. The summed E-state index contributed by atoms with van der Waals surface area (Å²) < 4.78 is 7.03. The van der Waals surface area contributed by atoms with Gasteiger partial charge in [-0.2, -0.15) is 0 Å². The van der Waals surface area contributed by atoms with Crippen molar-refractivity contribution in [2.45, 2.75) is 6.54 Å². The fraction of sp³-hybridized carbons (Fsp3) is 0.167. The molecule has 0 saturated carbocycles. The quantitative estimate of drug-likeness (QED) is 0.731. The number of rotatable bonds is 4. The minimum atomic E-state index is 0.422. The number of hydrogen-bond donors (Lipinski definition) is 0. The lowest BCUT2D eigenvalue weighted by Gasteiger charge is -2.09. The lowest BCUT2D eigenvalue weighted by molar-refractivity contribution is 0.111. The van der Waals surface area contributed by atoms with Crippen molar-refractivity contribution in [2.24, 2.45) is 0 Å². The molecule has 1 aromatic heterocycles. The first-order valence-corrected chi connectivity index (χ1v) is 4.93. The first-order chi connectivity index (χ1) is 7.85. The van der Waals surface area contributed by atoms with Gasteiger partial charge in [-0.3, -0.25) is 4.79 Å². The zero-order valence-electron chi connectivity index (χ0n) is 8.96. The Balaban J connectivity index is 2.30. The Morgan fingerprint density at radius 1 is 1.44 bits per heavy atom. The van der Waals surface area contributed by atoms with Gasteiger partial charge < -0.3 is 9.30 Å². The van der Waals surface area contributed by atoms with Crippen molar-refractivity contribution in [1.82, 2.24) is 9.55 Å². The largest absolute Gasteiger partial charge is 0.496 e. The molecule has 4 heteroatoms. The van der Waals surface area contributed by atoms with E-state index in [1.54, 1.807) is 24.1 Å². The predicted molar refractivity (Wildman–Crippen MR) is 59.7 cm³/mol. The van der Waals surface area contributed by atoms with E-state index in [2.05, 4.69) is 4.98 Å². The van der Waals surface area contributed by atoms with E-state index in [1.165, 1.54) is 0 Å². The number of aromatic nitrogens is 2. The number of aldehydes is 1. The normalized spacial score (nSPS) is 10.1. The maximum atomic E-state index is 10.7. The summed E-state index contributed by atoms with van der Waals surface area (Å²) in [5, 5.41) is 0. The van der Waals surface area contributed by atoms with Crippen LogP contribution in [0.25, 0.3) is 0 Å². The minimum Gasteiger partial charge on any atom is -0.496 e. The van der Waals surface area contributed by atoms with E-state index in [1.807, 2.05) is 24.3 Å². The zero-order chi connectivity index (χ0) is 11.4. The second-order valence-electron chi connectivity index (χ2n) is 3.34. The number of methoxy groups -OCH3 is 1. The Morgan fingerprint density at radius 3 is 3.00 bits per heavy atom. The molecule has 0 saturated heterocycles. The van der Waals surface area contributed by atoms with Gasteiger partial charge in [0.2, 0.25) is 0 Å². The van der Waals surface area contributed by atoms with Crippen molar-refractivity contribution in [2.75, 3.05) is 7.11 Å². The van der Waals surface area contributed by atoms with Crippen LogP contribution < -0.4 is 4.74 Å². The van der Waals surface area contributed by atoms with Crippen molar-refractivity contribution in [3.63, 3.8) is 0 Å². The van der Waals surface area contributed by atoms with E-state index in [0.717, 1.165) is 17.6 Å². The first kappa shape index (κ1) is 10.4. The Hall–Kier alpha value is -2.10. The maximum Gasteiger partial charge on any atom is 0.185 e. The Morgan fingerprint density at radius 2 is 2.25 bits per heavy atom. The van der Waals surface area contributed by atoms with Gasteiger partial charge in [-0.05, 0) is 6.07 Å². The van der Waals surface area contributed by atoms with Gasteiger partial charge >= 0.3 is 0 Å². The number of nitrogens with zero attached hydrogens (tertiary/aromatic N) is 2. The van der Waals surface area contributed by atoms with E-state index >= 15 is 0 Å². The molecule has 16 heavy (non-hydrogen) atoms. The van der Waals surface area contributed by atoms with E-state index in [-0.39, 0.29) is 0 Å². The summed E-state index contributed by atoms with van der Waals surface area (Å²) in [6.45, 7) is 0.581. The SMILES string of the molecule is COc1ccccc1Cn1ccnc1C=O. The summed E-state index contributed by atoms with van der Waals surface area (Å²) in [4.78, 5) is 14.7. The summed E-state index contributed by atoms with van der Waals surface area (Å²) in [5.74, 6) is 1.24. The van der Waals surface area contributed by atoms with Crippen LogP contribution in [0.3, 0.4) is 0 Å². The van der Waals surface area contributed by atoms with Crippen LogP contribution in [0.15, 0.2) is 36.7 Å². The number of ether oxygens (including phenoxy) is 1. The highest BCUT2D eigenvalue weighted by Gasteiger charge is 2.05. The molecule has 0 spiro atoms. The van der Waals surface area contributed by atoms with Crippen LogP contribution in [-0.2, 0) is 6.54 Å². The Labute approximate surface area is 93.5 Å². The van der Waals surface area contributed by atoms with E-state index in [9.17, 15) is 4.79 Å². The fourth-order valence-electron chi connectivity index (χ4n) is 1.59. The van der Waals surface area contributed by atoms with Crippen molar-refractivity contribution in [1.29, 1.82) is 0 Å². The molecule has 82 valence electrons. The van der Waals surface area contributed by atoms with Crippen LogP contribution >= 0.6 is 0 Å². The Bertz CT molecular complexity index is 491. The molecule has 0 radical (unpaired) electrons. The number of imidazole rings is 1. The second kappa shape index (κ2) is 4.61. The lowest BCUT2D eigenvalue weighted by Crippen LogP contribution is -2.04. The number of hydrogen-bond acceptors (Lipinski definition) is 3. The van der Waals surface area contributed by atoms with Crippen LogP contribution in [0.1, 0.15) is 16.2 Å². The number of carbonyl (C=O) groups is 1. The van der Waals surface area contributed by atoms with Crippen LogP contribution in [0.4, 0.5) is 0 Å². The molecule has 0 fully saturated rings. The number of benzene rings is 1. The summed E-state index contributed by atoms with van der Waals surface area (Å²) >= 11 is 0. The van der Waals surface area contributed by atoms with Gasteiger partial charge in [0.15, 0.2) is 12.1 Å². The van der Waals surface area contributed by atoms with Gasteiger partial charge in [0.05, 0.1) is 13.7 Å². The topological polar surface area (TPSA) is 44.1 Å². The molecule has 0 N–H and O–H groups in total. The second-order valence-corrected chi connectivity index (χ2v) is 3.34. The van der Waals surface area contributed by atoms with E-state index in [4.69, 9.17) is 4.74 Å². The molecule has 1 heterocycles. The monoisotopic (exact) mass is 216 g/mol. The molecule has 4 nitrogen and oxygen atoms in total. The third kappa shape index (κ3) is 1.95. The molecule has 0 aliphatic rings. The first-order valence-electron chi connectivity index (χ1n) is 4.93. The van der Waals surface area contributed by atoms with Crippen molar-refractivity contribution in [3.8, 4) is 5.75 Å². The summed E-state index contributed by atoms with van der Waals surface area (Å²) in [5.41, 5.74) is 1.02. The zero-order valence-corrected chi connectivity index (χ0v) is 8.96. The van der Waals surface area contributed by atoms with Gasteiger partial charge in [0, 0.05) is 18.0 Å². The molecule has 0 bridgehead atoms. The molecular weight excluding hydrogens is 204 g/mol. The smallest absolute Gasteiger partial charge is 0.185 e. The molecule has 0 unspecified atom stereocenters. The molecular formula is C12H12N2O2. The lowest BCUT2D eigenvalue weighted by atomic mass is 10.2. The average Bonchev–Trinajstić information content (AvgIpc) is 2.77. The molecule has 0 aliphatic heterocycles.